The third-order valence-corrected chi connectivity index (χ3v) is 5.76. The fraction of sp³-hybridized carbons (Fsp3) is 0.409. The summed E-state index contributed by atoms with van der Waals surface area (Å²) < 4.78 is 43.4. The predicted octanol–water partition coefficient (Wildman–Crippen LogP) is 2.18. The summed E-state index contributed by atoms with van der Waals surface area (Å²) in [4.78, 5) is 20.3. The summed E-state index contributed by atoms with van der Waals surface area (Å²) >= 11 is 0. The normalized spacial score (nSPS) is 22.9. The van der Waals surface area contributed by atoms with Gasteiger partial charge in [-0.1, -0.05) is 30.7 Å². The molecule has 30 heavy (non-hydrogen) atoms. The number of anilines is 1. The van der Waals surface area contributed by atoms with Crippen molar-refractivity contribution in [2.45, 2.75) is 56.9 Å². The topological polar surface area (TPSA) is 60.5 Å². The Hall–Kier alpha value is -2.90. The molecule has 0 radical (unpaired) electrons. The largest absolute Gasteiger partial charge is 0.488 e. The summed E-state index contributed by atoms with van der Waals surface area (Å²) in [5, 5.41) is 2.45. The van der Waals surface area contributed by atoms with E-state index in [9.17, 15) is 18.0 Å². The number of amides is 1. The van der Waals surface area contributed by atoms with Crippen molar-refractivity contribution in [1.82, 2.24) is 4.90 Å². The summed E-state index contributed by atoms with van der Waals surface area (Å²) in [7, 11) is 0. The summed E-state index contributed by atoms with van der Waals surface area (Å²) in [5.41, 5.74) is -1.71. The van der Waals surface area contributed by atoms with Gasteiger partial charge in [-0.05, 0) is 50.8 Å². The molecular formula is C22H25F3N4O+2. The molecule has 0 unspecified atom stereocenters. The van der Waals surface area contributed by atoms with Gasteiger partial charge in [0.05, 0.1) is 11.3 Å². The fourth-order valence-electron chi connectivity index (χ4n) is 4.28. The molecule has 3 N–H and O–H groups in total. The van der Waals surface area contributed by atoms with Crippen LogP contribution in [0.3, 0.4) is 0 Å². The van der Waals surface area contributed by atoms with Crippen molar-refractivity contribution in [2.75, 3.05) is 5.32 Å². The number of aromatic amines is 1. The van der Waals surface area contributed by atoms with Gasteiger partial charge in [0.15, 0.2) is 0 Å². The van der Waals surface area contributed by atoms with Gasteiger partial charge in [-0.15, -0.1) is 0 Å². The van der Waals surface area contributed by atoms with Crippen molar-refractivity contribution in [3.63, 3.8) is 0 Å². The van der Waals surface area contributed by atoms with Crippen LogP contribution in [0.2, 0.25) is 0 Å². The Labute approximate surface area is 173 Å². The van der Waals surface area contributed by atoms with Crippen LogP contribution in [0.25, 0.3) is 0 Å². The van der Waals surface area contributed by atoms with Gasteiger partial charge in [-0.25, -0.2) is 20.1 Å². The Bertz CT molecular complexity index is 954. The number of halogens is 3. The molecule has 0 spiro atoms. The van der Waals surface area contributed by atoms with E-state index in [2.05, 4.69) is 15.3 Å². The number of hydrogen-bond donors (Lipinski definition) is 2. The lowest BCUT2D eigenvalue weighted by atomic mass is 9.93. The van der Waals surface area contributed by atoms with Crippen molar-refractivity contribution < 1.29 is 27.9 Å². The van der Waals surface area contributed by atoms with E-state index in [-0.39, 0.29) is 17.7 Å². The second-order valence-corrected chi connectivity index (χ2v) is 7.93. The maximum absolute atomic E-state index is 14.5. The zero-order valence-corrected chi connectivity index (χ0v) is 16.7. The first kappa shape index (κ1) is 20.4. The van der Waals surface area contributed by atoms with Crippen LogP contribution >= 0.6 is 0 Å². The highest BCUT2D eigenvalue weighted by Gasteiger charge is 2.76. The van der Waals surface area contributed by atoms with Crippen molar-refractivity contribution >= 4 is 17.6 Å². The molecule has 1 aliphatic carbocycles. The second kappa shape index (κ2) is 7.74. The third kappa shape index (κ3) is 3.55. The van der Waals surface area contributed by atoms with Crippen LogP contribution < -0.4 is 15.3 Å². The number of pyridine rings is 1. The van der Waals surface area contributed by atoms with E-state index in [4.69, 9.17) is 0 Å². The van der Waals surface area contributed by atoms with Crippen LogP contribution in [0.15, 0.2) is 48.5 Å². The molecule has 1 atom stereocenters. The minimum absolute atomic E-state index is 0.117. The summed E-state index contributed by atoms with van der Waals surface area (Å²) in [6, 6.07) is 13.3. The summed E-state index contributed by atoms with van der Waals surface area (Å²) in [6.45, 7) is 1.74. The standard InChI is InChI=1S/C22H23F3N4O/c1-15-9-8-14-18(26-15)27-21(22(23,24)25)20(30)29(17-12-6-3-7-13-17)19(28-21)16-10-4-2-5-11-16/h2,4-5,8-11,14,17H,3,6-7,12-13H2,1H3,(H,26,27)/p+2/t21-/m0/s1. The molecule has 0 saturated heterocycles. The highest BCUT2D eigenvalue weighted by Crippen LogP contribution is 2.34. The lowest BCUT2D eigenvalue weighted by molar-refractivity contribution is -0.568. The molecule has 1 amide bonds. The van der Waals surface area contributed by atoms with Crippen LogP contribution in [0.4, 0.5) is 19.0 Å². The molecule has 1 aromatic heterocycles. The maximum Gasteiger partial charge on any atom is 0.488 e. The number of nitrogens with one attached hydrogen (secondary N) is 3. The van der Waals surface area contributed by atoms with E-state index in [0.717, 1.165) is 19.3 Å². The Morgan fingerprint density at radius 3 is 2.37 bits per heavy atom. The first-order valence-corrected chi connectivity index (χ1v) is 10.2. The lowest BCUT2D eigenvalue weighted by Gasteiger charge is -2.27. The van der Waals surface area contributed by atoms with Gasteiger partial charge in [0.1, 0.15) is 6.04 Å². The molecule has 2 aliphatic rings. The average Bonchev–Trinajstić information content (AvgIpc) is 3.03. The highest BCUT2D eigenvalue weighted by molar-refractivity contribution is 6.11. The number of H-pyrrole nitrogens is 1. The monoisotopic (exact) mass is 418 g/mol. The average molecular weight is 418 g/mol. The van der Waals surface area contributed by atoms with Crippen molar-refractivity contribution in [3.05, 3.63) is 59.8 Å². The number of aromatic nitrogens is 1. The van der Waals surface area contributed by atoms with E-state index >= 15 is 0 Å². The van der Waals surface area contributed by atoms with Gasteiger partial charge >= 0.3 is 17.7 Å². The number of nitrogens with zero attached hydrogens (tertiary/aromatic N) is 1. The number of carbonyl (C=O) groups excluding carboxylic acids is 1. The van der Waals surface area contributed by atoms with Crippen LogP contribution in [0, 0.1) is 6.92 Å². The number of benzene rings is 1. The van der Waals surface area contributed by atoms with Crippen molar-refractivity contribution in [1.29, 1.82) is 0 Å². The van der Waals surface area contributed by atoms with Crippen LogP contribution in [-0.4, -0.2) is 34.5 Å². The van der Waals surface area contributed by atoms with Gasteiger partial charge in [0.2, 0.25) is 0 Å². The number of rotatable bonds is 4. The smallest absolute Gasteiger partial charge is 0.245 e. The quantitative estimate of drug-likeness (QED) is 0.800. The molecule has 4 rings (SSSR count). The van der Waals surface area contributed by atoms with Crippen LogP contribution in [-0.2, 0) is 4.79 Å². The van der Waals surface area contributed by atoms with Gasteiger partial charge in [-0.3, -0.25) is 0 Å². The first-order chi connectivity index (χ1) is 14.3. The second-order valence-electron chi connectivity index (χ2n) is 7.93. The summed E-state index contributed by atoms with van der Waals surface area (Å²) in [5.74, 6) is -0.702. The molecule has 0 bridgehead atoms. The number of aryl methyl sites for hydroxylation is 1. The van der Waals surface area contributed by atoms with E-state index in [1.165, 1.54) is 11.0 Å². The molecule has 5 nitrogen and oxygen atoms in total. The lowest BCUT2D eigenvalue weighted by Crippen LogP contribution is -2.94. The number of alkyl halides is 3. The number of amidine groups is 1. The molecule has 8 heteroatoms. The SMILES string of the molecule is Cc1cccc(N[C@]2(C(F)(F)F)[NH+]=C(c3ccccc3)N(C3CCCCC3)C2=O)[nH+]1. The van der Waals surface area contributed by atoms with E-state index in [1.807, 2.05) is 0 Å². The molecule has 1 saturated carbocycles. The first-order valence-electron chi connectivity index (χ1n) is 10.2. The zero-order chi connectivity index (χ0) is 21.4. The van der Waals surface area contributed by atoms with E-state index in [0.29, 0.717) is 24.1 Å². The maximum atomic E-state index is 14.5. The van der Waals surface area contributed by atoms with E-state index in [1.54, 1.807) is 49.4 Å². The van der Waals surface area contributed by atoms with Crippen LogP contribution in [0.5, 0.6) is 0 Å². The fourth-order valence-corrected chi connectivity index (χ4v) is 4.28. The number of carbonyl (C=O) groups is 1. The minimum atomic E-state index is -4.87. The highest BCUT2D eigenvalue weighted by atomic mass is 19.4. The minimum Gasteiger partial charge on any atom is -0.245 e. The zero-order valence-electron chi connectivity index (χ0n) is 16.7. The number of hydrogen-bond acceptors (Lipinski definition) is 2. The molecular weight excluding hydrogens is 393 g/mol. The summed E-state index contributed by atoms with van der Waals surface area (Å²) in [6.07, 6.45) is -0.662. The third-order valence-electron chi connectivity index (χ3n) is 5.76. The Morgan fingerprint density at radius 1 is 1.03 bits per heavy atom. The molecule has 1 aromatic carbocycles. The van der Waals surface area contributed by atoms with Gasteiger partial charge in [-0.2, -0.15) is 18.1 Å². The Morgan fingerprint density at radius 2 is 1.73 bits per heavy atom. The molecule has 1 aliphatic heterocycles. The molecule has 2 heterocycles. The Kier molecular flexibility index (Phi) is 5.26. The van der Waals surface area contributed by atoms with Crippen LogP contribution in [0.1, 0.15) is 43.4 Å². The van der Waals surface area contributed by atoms with Crippen molar-refractivity contribution in [3.8, 4) is 0 Å². The predicted molar refractivity (Wildman–Crippen MR) is 105 cm³/mol. The molecule has 1 fully saturated rings. The van der Waals surface area contributed by atoms with Gasteiger partial charge in [0.25, 0.3) is 11.7 Å². The van der Waals surface area contributed by atoms with E-state index < -0.39 is 17.7 Å². The molecule has 158 valence electrons. The van der Waals surface area contributed by atoms with Crippen molar-refractivity contribution in [2.24, 2.45) is 0 Å². The van der Waals surface area contributed by atoms with Gasteiger partial charge < -0.3 is 0 Å². The Balaban J connectivity index is 1.84. The van der Waals surface area contributed by atoms with Gasteiger partial charge in [0, 0.05) is 6.07 Å². The molecule has 2 aromatic rings.